The molecular formula is C42H26N2. The highest BCUT2D eigenvalue weighted by Crippen LogP contribution is 2.50. The van der Waals surface area contributed by atoms with Gasteiger partial charge in [0, 0.05) is 54.5 Å². The van der Waals surface area contributed by atoms with Crippen LogP contribution in [0.3, 0.4) is 0 Å². The number of aromatic nitrogens is 2. The van der Waals surface area contributed by atoms with E-state index in [0.29, 0.717) is 0 Å². The average Bonchev–Trinajstić information content (AvgIpc) is 3.63. The zero-order valence-corrected chi connectivity index (χ0v) is 23.9. The first kappa shape index (κ1) is 23.7. The Labute approximate surface area is 253 Å². The Balaban J connectivity index is 1.60. The van der Waals surface area contributed by atoms with Crippen LogP contribution in [0.4, 0.5) is 0 Å². The fraction of sp³-hybridized carbons (Fsp3) is 0. The van der Waals surface area contributed by atoms with Crippen molar-refractivity contribution in [1.29, 1.82) is 0 Å². The molecule has 0 aliphatic carbocycles. The summed E-state index contributed by atoms with van der Waals surface area (Å²) in [6.07, 6.45) is 0. The second-order valence-corrected chi connectivity index (χ2v) is 11.7. The molecular weight excluding hydrogens is 532 g/mol. The molecule has 0 unspecified atom stereocenters. The quantitative estimate of drug-likeness (QED) is 0.187. The van der Waals surface area contributed by atoms with Gasteiger partial charge < -0.3 is 9.13 Å². The van der Waals surface area contributed by atoms with Crippen molar-refractivity contribution in [3.8, 4) is 11.4 Å². The van der Waals surface area contributed by atoms with E-state index in [1.807, 2.05) is 0 Å². The zero-order valence-electron chi connectivity index (χ0n) is 23.9. The van der Waals surface area contributed by atoms with Crippen LogP contribution in [0.15, 0.2) is 158 Å². The van der Waals surface area contributed by atoms with Crippen LogP contribution in [0, 0.1) is 0 Å². The van der Waals surface area contributed by atoms with E-state index >= 15 is 0 Å². The predicted molar refractivity (Wildman–Crippen MR) is 188 cm³/mol. The molecule has 10 rings (SSSR count). The average molecular weight is 559 g/mol. The number of hydrogen-bond donors (Lipinski definition) is 0. The maximum Gasteiger partial charge on any atom is 0.0626 e. The second kappa shape index (κ2) is 8.82. The summed E-state index contributed by atoms with van der Waals surface area (Å²) in [6, 6.07) is 57.5. The minimum absolute atomic E-state index is 1.18. The van der Waals surface area contributed by atoms with Gasteiger partial charge in [-0.3, -0.25) is 0 Å². The van der Waals surface area contributed by atoms with Gasteiger partial charge in [0.2, 0.25) is 0 Å². The molecule has 0 N–H and O–H groups in total. The minimum Gasteiger partial charge on any atom is -0.309 e. The highest BCUT2D eigenvalue weighted by Gasteiger charge is 2.25. The number of benzene rings is 8. The number of nitrogens with zero attached hydrogens (tertiary/aromatic N) is 2. The molecule has 0 aliphatic rings. The zero-order chi connectivity index (χ0) is 28.8. The minimum atomic E-state index is 1.18. The summed E-state index contributed by atoms with van der Waals surface area (Å²) in [5, 5.41) is 12.9. The molecule has 0 atom stereocenters. The van der Waals surface area contributed by atoms with Crippen molar-refractivity contribution in [3.63, 3.8) is 0 Å². The fourth-order valence-electron chi connectivity index (χ4n) is 7.79. The molecule has 8 aromatic carbocycles. The van der Waals surface area contributed by atoms with E-state index in [0.717, 1.165) is 0 Å². The van der Waals surface area contributed by atoms with Crippen LogP contribution in [0.25, 0.3) is 87.3 Å². The molecule has 44 heavy (non-hydrogen) atoms. The first-order valence-corrected chi connectivity index (χ1v) is 15.2. The molecule has 0 spiro atoms. The van der Waals surface area contributed by atoms with E-state index in [4.69, 9.17) is 0 Å². The van der Waals surface area contributed by atoms with Gasteiger partial charge in [0.25, 0.3) is 0 Å². The van der Waals surface area contributed by atoms with E-state index in [-0.39, 0.29) is 0 Å². The molecule has 0 saturated heterocycles. The maximum atomic E-state index is 2.47. The Kier molecular flexibility index (Phi) is 4.75. The van der Waals surface area contributed by atoms with Crippen LogP contribution in [-0.4, -0.2) is 9.13 Å². The Morgan fingerprint density at radius 3 is 0.977 bits per heavy atom. The normalized spacial score (nSPS) is 12.1. The fourth-order valence-corrected chi connectivity index (χ4v) is 7.79. The van der Waals surface area contributed by atoms with Gasteiger partial charge in [-0.2, -0.15) is 0 Å². The summed E-state index contributed by atoms with van der Waals surface area (Å²) in [5.41, 5.74) is 7.32. The summed E-state index contributed by atoms with van der Waals surface area (Å²) in [5.74, 6) is 0. The summed E-state index contributed by atoms with van der Waals surface area (Å²) >= 11 is 0. The monoisotopic (exact) mass is 558 g/mol. The molecule has 0 bridgehead atoms. The predicted octanol–water partition coefficient (Wildman–Crippen LogP) is 11.3. The summed E-state index contributed by atoms with van der Waals surface area (Å²) in [4.78, 5) is 0. The van der Waals surface area contributed by atoms with Crippen molar-refractivity contribution < 1.29 is 0 Å². The smallest absolute Gasteiger partial charge is 0.0626 e. The van der Waals surface area contributed by atoms with Crippen molar-refractivity contribution in [2.24, 2.45) is 0 Å². The molecule has 2 heteroatoms. The van der Waals surface area contributed by atoms with Gasteiger partial charge in [-0.15, -0.1) is 0 Å². The second-order valence-electron chi connectivity index (χ2n) is 11.7. The number of rotatable bonds is 2. The molecule has 2 nitrogen and oxygen atoms in total. The molecule has 2 heterocycles. The van der Waals surface area contributed by atoms with Gasteiger partial charge >= 0.3 is 0 Å². The highest BCUT2D eigenvalue weighted by molar-refractivity contribution is 6.45. The summed E-state index contributed by atoms with van der Waals surface area (Å²) < 4.78 is 4.94. The molecule has 0 saturated carbocycles. The van der Waals surface area contributed by atoms with Gasteiger partial charge in [-0.05, 0) is 47.2 Å². The van der Waals surface area contributed by atoms with Gasteiger partial charge in [0.1, 0.15) is 0 Å². The number of fused-ring (bicyclic) bond motifs is 15. The lowest BCUT2D eigenvalue weighted by molar-refractivity contribution is 1.19. The molecule has 0 fully saturated rings. The molecule has 204 valence electrons. The standard InChI is InChI=1S/C42H26N2/c1-3-15-27(16-4-1)43-35-25-13-11-23-33(35)39-37-30-20-8-10-22-32(30)42-40(38(37)29-19-7-9-21-31(29)41(39)43)34-24-12-14-26-36(34)44(42)28-17-5-2-6-18-28/h1-26H. The molecule has 0 radical (unpaired) electrons. The SMILES string of the molecule is c1ccc(-n2c3ccccc3c3c4c5ccccc5c5c(c6ccccc6n5-c5ccccc5)c4c4ccccc4c32)cc1. The Morgan fingerprint density at radius 2 is 0.568 bits per heavy atom. The Hall–Kier alpha value is -5.86. The van der Waals surface area contributed by atoms with Crippen LogP contribution in [0.5, 0.6) is 0 Å². The van der Waals surface area contributed by atoms with E-state index in [2.05, 4.69) is 167 Å². The lowest BCUT2D eigenvalue weighted by atomic mass is 9.89. The van der Waals surface area contributed by atoms with Gasteiger partial charge in [0.15, 0.2) is 0 Å². The van der Waals surface area contributed by atoms with Crippen LogP contribution in [-0.2, 0) is 0 Å². The van der Waals surface area contributed by atoms with E-state index in [1.54, 1.807) is 0 Å². The van der Waals surface area contributed by atoms with E-state index in [9.17, 15) is 0 Å². The molecule has 0 amide bonds. The van der Waals surface area contributed by atoms with Crippen molar-refractivity contribution >= 4 is 75.9 Å². The highest BCUT2D eigenvalue weighted by atomic mass is 15.0. The Bertz CT molecular complexity index is 2550. The van der Waals surface area contributed by atoms with Crippen LogP contribution >= 0.6 is 0 Å². The summed E-state index contributed by atoms with van der Waals surface area (Å²) in [6.45, 7) is 0. The first-order chi connectivity index (χ1) is 21.9. The topological polar surface area (TPSA) is 9.86 Å². The van der Waals surface area contributed by atoms with E-state index < -0.39 is 0 Å². The van der Waals surface area contributed by atoms with Crippen molar-refractivity contribution in [2.45, 2.75) is 0 Å². The maximum absolute atomic E-state index is 2.47. The van der Waals surface area contributed by atoms with Gasteiger partial charge in [-0.1, -0.05) is 121 Å². The van der Waals surface area contributed by atoms with Gasteiger partial charge in [-0.25, -0.2) is 0 Å². The molecule has 0 aliphatic heterocycles. The van der Waals surface area contributed by atoms with Crippen molar-refractivity contribution in [1.82, 2.24) is 9.13 Å². The largest absolute Gasteiger partial charge is 0.309 e. The van der Waals surface area contributed by atoms with Crippen molar-refractivity contribution in [2.75, 3.05) is 0 Å². The van der Waals surface area contributed by atoms with Gasteiger partial charge in [0.05, 0.1) is 22.1 Å². The molecule has 2 aromatic heterocycles. The lowest BCUT2D eigenvalue weighted by Gasteiger charge is -2.16. The van der Waals surface area contributed by atoms with Crippen molar-refractivity contribution in [3.05, 3.63) is 158 Å². The third-order valence-corrected chi connectivity index (χ3v) is 9.43. The first-order valence-electron chi connectivity index (χ1n) is 15.2. The Morgan fingerprint density at radius 1 is 0.250 bits per heavy atom. The van der Waals surface area contributed by atoms with Crippen LogP contribution in [0.1, 0.15) is 0 Å². The number of hydrogen-bond acceptors (Lipinski definition) is 0. The van der Waals surface area contributed by atoms with Crippen LogP contribution in [0.2, 0.25) is 0 Å². The summed E-state index contributed by atoms with van der Waals surface area (Å²) in [7, 11) is 0. The lowest BCUT2D eigenvalue weighted by Crippen LogP contribution is -1.96. The molecule has 10 aromatic rings. The third-order valence-electron chi connectivity index (χ3n) is 9.43. The third kappa shape index (κ3) is 2.99. The van der Waals surface area contributed by atoms with Crippen LogP contribution < -0.4 is 0 Å². The van der Waals surface area contributed by atoms with E-state index in [1.165, 1.54) is 87.3 Å². The number of para-hydroxylation sites is 4.